The monoisotopic (exact) mass is 272 g/mol. The third-order valence-corrected chi connectivity index (χ3v) is 4.90. The topological polar surface area (TPSA) is 46.3 Å². The molecule has 3 nitrogen and oxygen atoms in total. The number of hydrogen-bond acceptors (Lipinski definition) is 2. The van der Waals surface area contributed by atoms with Crippen molar-refractivity contribution in [3.8, 4) is 0 Å². The molecule has 3 heteroatoms. The molecule has 2 N–H and O–H groups in total. The van der Waals surface area contributed by atoms with E-state index in [4.69, 9.17) is 5.73 Å². The largest absolute Gasteiger partial charge is 0.339 e. The Morgan fingerprint density at radius 2 is 1.80 bits per heavy atom. The van der Waals surface area contributed by atoms with E-state index in [1.165, 1.54) is 32.1 Å². The van der Waals surface area contributed by atoms with Gasteiger partial charge < -0.3 is 10.6 Å². The lowest BCUT2D eigenvalue weighted by Crippen LogP contribution is -2.38. The summed E-state index contributed by atoms with van der Waals surface area (Å²) >= 11 is 0. The van der Waals surface area contributed by atoms with Gasteiger partial charge in [-0.2, -0.15) is 0 Å². The van der Waals surface area contributed by atoms with Crippen molar-refractivity contribution in [2.24, 2.45) is 11.7 Å². The lowest BCUT2D eigenvalue weighted by molar-refractivity contribution is -0.130. The van der Waals surface area contributed by atoms with Crippen LogP contribution in [0.25, 0.3) is 0 Å². The summed E-state index contributed by atoms with van der Waals surface area (Å²) in [5.41, 5.74) is 7.52. The van der Waals surface area contributed by atoms with Gasteiger partial charge in [0.25, 0.3) is 0 Å². The molecule has 108 valence electrons. The summed E-state index contributed by atoms with van der Waals surface area (Å²) < 4.78 is 0. The predicted molar refractivity (Wildman–Crippen MR) is 80.1 cm³/mol. The summed E-state index contributed by atoms with van der Waals surface area (Å²) in [6, 6.07) is 10.6. The molecule has 0 aromatic heterocycles. The van der Waals surface area contributed by atoms with Crippen molar-refractivity contribution in [2.45, 2.75) is 50.6 Å². The summed E-state index contributed by atoms with van der Waals surface area (Å²) in [5, 5.41) is 0. The van der Waals surface area contributed by atoms with Crippen molar-refractivity contribution >= 4 is 5.91 Å². The summed E-state index contributed by atoms with van der Waals surface area (Å²) in [5.74, 6) is 0.583. The van der Waals surface area contributed by atoms with Gasteiger partial charge >= 0.3 is 0 Å². The summed E-state index contributed by atoms with van der Waals surface area (Å²) in [7, 11) is 0. The Bertz CT molecular complexity index is 453. The molecule has 1 aromatic rings. The SMILES string of the molecule is NC(c1ccccc1)C1CC(=O)N(C2CCCCC2)C1. The fraction of sp³-hybridized carbons (Fsp3) is 0.588. The normalized spacial score (nSPS) is 25.9. The van der Waals surface area contributed by atoms with E-state index in [0.717, 1.165) is 12.1 Å². The van der Waals surface area contributed by atoms with Crippen molar-refractivity contribution < 1.29 is 4.79 Å². The standard InChI is InChI=1S/C17H24N2O/c18-17(13-7-3-1-4-8-13)14-11-16(20)19(12-14)15-9-5-2-6-10-15/h1,3-4,7-8,14-15,17H,2,5-6,9-12,18H2. The van der Waals surface area contributed by atoms with Gasteiger partial charge in [-0.05, 0) is 18.4 Å². The van der Waals surface area contributed by atoms with Gasteiger partial charge in [-0.3, -0.25) is 4.79 Å². The highest BCUT2D eigenvalue weighted by Crippen LogP contribution is 2.33. The Hall–Kier alpha value is -1.35. The van der Waals surface area contributed by atoms with Gasteiger partial charge in [0.15, 0.2) is 0 Å². The molecule has 2 aliphatic rings. The van der Waals surface area contributed by atoms with Crippen LogP contribution in [-0.2, 0) is 4.79 Å². The molecule has 0 spiro atoms. The number of hydrogen-bond donors (Lipinski definition) is 1. The lowest BCUT2D eigenvalue weighted by Gasteiger charge is -2.31. The summed E-state index contributed by atoms with van der Waals surface area (Å²) in [6.07, 6.45) is 6.84. The summed E-state index contributed by atoms with van der Waals surface area (Å²) in [6.45, 7) is 0.847. The first-order valence-corrected chi connectivity index (χ1v) is 7.85. The minimum absolute atomic E-state index is 0.0197. The lowest BCUT2D eigenvalue weighted by atomic mass is 9.92. The molecular formula is C17H24N2O. The van der Waals surface area contributed by atoms with E-state index in [2.05, 4.69) is 17.0 Å². The Balaban J connectivity index is 1.67. The number of amides is 1. The molecule has 2 unspecified atom stereocenters. The highest BCUT2D eigenvalue weighted by Gasteiger charge is 2.37. The van der Waals surface area contributed by atoms with Crippen LogP contribution in [0.15, 0.2) is 30.3 Å². The third kappa shape index (κ3) is 2.73. The molecule has 3 rings (SSSR count). The fourth-order valence-electron chi connectivity index (χ4n) is 3.69. The van der Waals surface area contributed by atoms with E-state index in [0.29, 0.717) is 18.4 Å². The number of likely N-dealkylation sites (tertiary alicyclic amines) is 1. The van der Waals surface area contributed by atoms with Crippen molar-refractivity contribution in [1.82, 2.24) is 4.90 Å². The van der Waals surface area contributed by atoms with Crippen LogP contribution in [0.4, 0.5) is 0 Å². The van der Waals surface area contributed by atoms with Crippen LogP contribution in [0, 0.1) is 5.92 Å². The molecule has 1 aliphatic heterocycles. The zero-order chi connectivity index (χ0) is 13.9. The highest BCUT2D eigenvalue weighted by atomic mass is 16.2. The molecule has 2 atom stereocenters. The van der Waals surface area contributed by atoms with Crippen LogP contribution in [0.5, 0.6) is 0 Å². The van der Waals surface area contributed by atoms with Crippen LogP contribution >= 0.6 is 0 Å². The van der Waals surface area contributed by atoms with Gasteiger partial charge in [-0.1, -0.05) is 49.6 Å². The van der Waals surface area contributed by atoms with E-state index in [1.54, 1.807) is 0 Å². The number of nitrogens with two attached hydrogens (primary N) is 1. The van der Waals surface area contributed by atoms with Gasteiger partial charge in [0.05, 0.1) is 0 Å². The predicted octanol–water partition coefficient (Wildman–Crippen LogP) is 2.87. The van der Waals surface area contributed by atoms with E-state index in [9.17, 15) is 4.79 Å². The van der Waals surface area contributed by atoms with Gasteiger partial charge in [-0.25, -0.2) is 0 Å². The maximum Gasteiger partial charge on any atom is 0.223 e. The zero-order valence-corrected chi connectivity index (χ0v) is 12.0. The average molecular weight is 272 g/mol. The first kappa shape index (κ1) is 13.6. The van der Waals surface area contributed by atoms with E-state index < -0.39 is 0 Å². The first-order valence-electron chi connectivity index (χ1n) is 7.85. The maximum atomic E-state index is 12.3. The van der Waals surface area contributed by atoms with E-state index in [-0.39, 0.29) is 12.0 Å². The minimum Gasteiger partial charge on any atom is -0.339 e. The number of rotatable bonds is 3. The molecule has 1 saturated heterocycles. The van der Waals surface area contributed by atoms with Crippen molar-refractivity contribution in [3.05, 3.63) is 35.9 Å². The fourth-order valence-corrected chi connectivity index (χ4v) is 3.69. The maximum absolute atomic E-state index is 12.3. The van der Waals surface area contributed by atoms with Crippen molar-refractivity contribution in [1.29, 1.82) is 0 Å². The van der Waals surface area contributed by atoms with Crippen molar-refractivity contribution in [3.63, 3.8) is 0 Å². The van der Waals surface area contributed by atoms with Gasteiger partial charge in [0.1, 0.15) is 0 Å². The first-order chi connectivity index (χ1) is 9.75. The van der Waals surface area contributed by atoms with Gasteiger partial charge in [0, 0.05) is 31.0 Å². The number of benzene rings is 1. The molecule has 1 heterocycles. The Morgan fingerprint density at radius 3 is 2.50 bits per heavy atom. The van der Waals surface area contributed by atoms with Crippen LogP contribution in [0.3, 0.4) is 0 Å². The molecule has 1 saturated carbocycles. The van der Waals surface area contributed by atoms with E-state index in [1.807, 2.05) is 18.2 Å². The van der Waals surface area contributed by atoms with Gasteiger partial charge in [-0.15, -0.1) is 0 Å². The van der Waals surface area contributed by atoms with E-state index >= 15 is 0 Å². The Morgan fingerprint density at radius 1 is 1.10 bits per heavy atom. The van der Waals surface area contributed by atoms with Crippen LogP contribution < -0.4 is 5.73 Å². The smallest absolute Gasteiger partial charge is 0.223 e. The van der Waals surface area contributed by atoms with Crippen LogP contribution in [0.1, 0.15) is 50.1 Å². The second kappa shape index (κ2) is 5.96. The van der Waals surface area contributed by atoms with Crippen LogP contribution in [0.2, 0.25) is 0 Å². The molecule has 1 amide bonds. The number of nitrogens with zero attached hydrogens (tertiary/aromatic N) is 1. The average Bonchev–Trinajstić information content (AvgIpc) is 2.90. The quantitative estimate of drug-likeness (QED) is 0.919. The van der Waals surface area contributed by atoms with Gasteiger partial charge in [0.2, 0.25) is 5.91 Å². The highest BCUT2D eigenvalue weighted by molar-refractivity contribution is 5.79. The second-order valence-corrected chi connectivity index (χ2v) is 6.24. The Labute approximate surface area is 121 Å². The Kier molecular flexibility index (Phi) is 4.06. The molecule has 1 aliphatic carbocycles. The molecule has 0 radical (unpaired) electrons. The second-order valence-electron chi connectivity index (χ2n) is 6.24. The molecule has 1 aromatic carbocycles. The third-order valence-electron chi connectivity index (χ3n) is 4.90. The molecule has 20 heavy (non-hydrogen) atoms. The molecule has 2 fully saturated rings. The molecular weight excluding hydrogens is 248 g/mol. The minimum atomic E-state index is -0.0197. The zero-order valence-electron chi connectivity index (χ0n) is 12.0. The number of carbonyl (C=O) groups excluding carboxylic acids is 1. The summed E-state index contributed by atoms with van der Waals surface area (Å²) in [4.78, 5) is 14.4. The van der Waals surface area contributed by atoms with Crippen molar-refractivity contribution in [2.75, 3.05) is 6.54 Å². The van der Waals surface area contributed by atoms with Crippen LogP contribution in [-0.4, -0.2) is 23.4 Å². The molecule has 0 bridgehead atoms. The number of carbonyl (C=O) groups is 1.